The molecule has 148 valence electrons. The molecule has 0 saturated heterocycles. The Morgan fingerprint density at radius 2 is 1.71 bits per heavy atom. The van der Waals surface area contributed by atoms with Gasteiger partial charge in [0.05, 0.1) is 10.6 Å². The normalized spacial score (nSPS) is 12.0. The van der Waals surface area contributed by atoms with E-state index in [-0.39, 0.29) is 28.5 Å². The zero-order chi connectivity index (χ0) is 20.7. The third kappa shape index (κ3) is 5.92. The second-order valence-electron chi connectivity index (χ2n) is 6.11. The lowest BCUT2D eigenvalue weighted by Crippen LogP contribution is -2.45. The van der Waals surface area contributed by atoms with Crippen LogP contribution in [0.4, 0.5) is 5.69 Å². The van der Waals surface area contributed by atoms with Crippen molar-refractivity contribution in [2.75, 3.05) is 11.1 Å². The Kier molecular flexibility index (Phi) is 6.89. The zero-order valence-electron chi connectivity index (χ0n) is 15.2. The van der Waals surface area contributed by atoms with Gasteiger partial charge >= 0.3 is 0 Å². The summed E-state index contributed by atoms with van der Waals surface area (Å²) in [6.45, 7) is 1.34. The van der Waals surface area contributed by atoms with Gasteiger partial charge in [-0.15, -0.1) is 0 Å². The van der Waals surface area contributed by atoms with E-state index >= 15 is 0 Å². The number of anilines is 1. The Hall–Kier alpha value is -3.20. The summed E-state index contributed by atoms with van der Waals surface area (Å²) in [4.78, 5) is 35.4. The number of nitrogens with two attached hydrogens (primary N) is 1. The van der Waals surface area contributed by atoms with Gasteiger partial charge < -0.3 is 16.4 Å². The third-order valence-electron chi connectivity index (χ3n) is 3.87. The minimum absolute atomic E-state index is 0.132. The van der Waals surface area contributed by atoms with E-state index in [1.165, 1.54) is 31.2 Å². The number of carbonyl (C=O) groups excluding carboxylic acids is 3. The topological polar surface area (TPSA) is 135 Å². The van der Waals surface area contributed by atoms with Crippen molar-refractivity contribution in [2.24, 2.45) is 5.73 Å². The number of hydrogen-bond donors (Lipinski definition) is 3. The van der Waals surface area contributed by atoms with Crippen LogP contribution in [0.1, 0.15) is 23.7 Å². The van der Waals surface area contributed by atoms with E-state index in [2.05, 4.69) is 10.6 Å². The first-order valence-corrected chi connectivity index (χ1v) is 10.1. The van der Waals surface area contributed by atoms with Crippen molar-refractivity contribution in [3.8, 4) is 0 Å². The van der Waals surface area contributed by atoms with Crippen LogP contribution in [0, 0.1) is 0 Å². The third-order valence-corrected chi connectivity index (χ3v) is 5.64. The maximum atomic E-state index is 12.4. The Labute approximate surface area is 163 Å². The number of nitrogens with one attached hydrogen (secondary N) is 2. The van der Waals surface area contributed by atoms with E-state index in [1.54, 1.807) is 30.3 Å². The number of benzene rings is 2. The fourth-order valence-electron chi connectivity index (χ4n) is 2.49. The molecule has 0 aliphatic heterocycles. The van der Waals surface area contributed by atoms with Crippen LogP contribution in [0.25, 0.3) is 0 Å². The van der Waals surface area contributed by atoms with Gasteiger partial charge in [0.25, 0.3) is 5.91 Å². The van der Waals surface area contributed by atoms with Crippen LogP contribution >= 0.6 is 0 Å². The Morgan fingerprint density at radius 1 is 1.04 bits per heavy atom. The minimum Gasteiger partial charge on any atom is -0.368 e. The number of carbonyl (C=O) groups is 3. The van der Waals surface area contributed by atoms with Gasteiger partial charge in [0.2, 0.25) is 11.8 Å². The summed E-state index contributed by atoms with van der Waals surface area (Å²) in [7, 11) is -3.62. The maximum Gasteiger partial charge on any atom is 0.252 e. The quantitative estimate of drug-likeness (QED) is 0.606. The molecule has 0 heterocycles. The molecule has 0 bridgehead atoms. The van der Waals surface area contributed by atoms with Crippen LogP contribution in [0.5, 0.6) is 0 Å². The van der Waals surface area contributed by atoms with Crippen molar-refractivity contribution in [3.05, 3.63) is 60.2 Å². The Bertz CT molecular complexity index is 974. The van der Waals surface area contributed by atoms with Gasteiger partial charge in [-0.2, -0.15) is 0 Å². The van der Waals surface area contributed by atoms with Gasteiger partial charge in [0.1, 0.15) is 6.04 Å². The first-order valence-electron chi connectivity index (χ1n) is 8.44. The molecule has 0 aliphatic rings. The van der Waals surface area contributed by atoms with Gasteiger partial charge in [0.15, 0.2) is 9.84 Å². The molecule has 0 aromatic heterocycles. The summed E-state index contributed by atoms with van der Waals surface area (Å²) in [5.74, 6) is -2.09. The lowest BCUT2D eigenvalue weighted by Gasteiger charge is -2.16. The molecule has 1 atom stereocenters. The fourth-order valence-corrected chi connectivity index (χ4v) is 3.84. The molecular weight excluding hydrogens is 382 g/mol. The number of primary amides is 1. The molecule has 2 rings (SSSR count). The second kappa shape index (κ2) is 9.14. The minimum atomic E-state index is -3.62. The van der Waals surface area contributed by atoms with Crippen molar-refractivity contribution < 1.29 is 22.8 Å². The summed E-state index contributed by atoms with van der Waals surface area (Å²) in [5.41, 5.74) is 5.94. The molecule has 2 aromatic rings. The van der Waals surface area contributed by atoms with Crippen molar-refractivity contribution in [1.29, 1.82) is 0 Å². The monoisotopic (exact) mass is 403 g/mol. The highest BCUT2D eigenvalue weighted by Gasteiger charge is 2.23. The first kappa shape index (κ1) is 21.1. The maximum absolute atomic E-state index is 12.4. The van der Waals surface area contributed by atoms with Gasteiger partial charge in [-0.25, -0.2) is 8.42 Å². The smallest absolute Gasteiger partial charge is 0.252 e. The Balaban J connectivity index is 2.08. The summed E-state index contributed by atoms with van der Waals surface area (Å²) in [6.07, 6.45) is -0.163. The highest BCUT2D eigenvalue weighted by molar-refractivity contribution is 7.91. The highest BCUT2D eigenvalue weighted by Crippen LogP contribution is 2.13. The predicted octanol–water partition coefficient (Wildman–Crippen LogP) is 1.09. The molecule has 4 N–H and O–H groups in total. The lowest BCUT2D eigenvalue weighted by molar-refractivity contribution is -0.120. The van der Waals surface area contributed by atoms with Gasteiger partial charge in [-0.05, 0) is 36.8 Å². The van der Waals surface area contributed by atoms with Gasteiger partial charge in [0, 0.05) is 18.2 Å². The molecule has 0 fully saturated rings. The molecule has 0 aliphatic carbocycles. The van der Waals surface area contributed by atoms with Crippen LogP contribution in [0.3, 0.4) is 0 Å². The molecule has 28 heavy (non-hydrogen) atoms. The largest absolute Gasteiger partial charge is 0.368 e. The van der Waals surface area contributed by atoms with Crippen molar-refractivity contribution >= 4 is 33.2 Å². The molecule has 0 unspecified atom stereocenters. The number of hydrogen-bond acceptors (Lipinski definition) is 5. The van der Waals surface area contributed by atoms with Crippen LogP contribution in [0.15, 0.2) is 59.5 Å². The van der Waals surface area contributed by atoms with Gasteiger partial charge in [-0.1, -0.05) is 24.3 Å². The van der Waals surface area contributed by atoms with Gasteiger partial charge in [-0.3, -0.25) is 14.4 Å². The van der Waals surface area contributed by atoms with E-state index in [4.69, 9.17) is 5.73 Å². The van der Waals surface area contributed by atoms with E-state index in [0.717, 1.165) is 0 Å². The number of sulfone groups is 1. The van der Waals surface area contributed by atoms with Crippen LogP contribution in [0.2, 0.25) is 0 Å². The molecule has 0 spiro atoms. The molecule has 0 saturated carbocycles. The van der Waals surface area contributed by atoms with E-state index in [0.29, 0.717) is 5.69 Å². The second-order valence-corrected chi connectivity index (χ2v) is 8.22. The summed E-state index contributed by atoms with van der Waals surface area (Å²) in [6, 6.07) is 12.8. The SMILES string of the molecule is CC(=O)Nc1cccc(C(=O)N[C@H](CCS(=O)(=O)c2ccccc2)C(N)=O)c1. The van der Waals surface area contributed by atoms with Crippen LogP contribution in [-0.2, 0) is 19.4 Å². The van der Waals surface area contributed by atoms with E-state index < -0.39 is 27.7 Å². The summed E-state index contributed by atoms with van der Waals surface area (Å²) >= 11 is 0. The first-order chi connectivity index (χ1) is 13.2. The van der Waals surface area contributed by atoms with Crippen LogP contribution in [-0.4, -0.2) is 37.9 Å². The lowest BCUT2D eigenvalue weighted by atomic mass is 10.1. The molecule has 0 radical (unpaired) electrons. The molecule has 2 aromatic carbocycles. The van der Waals surface area contributed by atoms with E-state index in [9.17, 15) is 22.8 Å². The van der Waals surface area contributed by atoms with Crippen molar-refractivity contribution in [2.45, 2.75) is 24.3 Å². The van der Waals surface area contributed by atoms with Crippen molar-refractivity contribution in [3.63, 3.8) is 0 Å². The molecular formula is C19H21N3O5S. The average Bonchev–Trinajstić information content (AvgIpc) is 2.65. The summed E-state index contributed by atoms with van der Waals surface area (Å²) < 4.78 is 24.7. The standard InChI is InChI=1S/C19H21N3O5S/c1-13(23)21-15-7-5-6-14(12-15)19(25)22-17(18(20)24)10-11-28(26,27)16-8-3-2-4-9-16/h2-9,12,17H,10-11H2,1H3,(H2,20,24)(H,21,23)(H,22,25)/t17-/m1/s1. The van der Waals surface area contributed by atoms with Crippen LogP contribution < -0.4 is 16.4 Å². The van der Waals surface area contributed by atoms with Crippen molar-refractivity contribution in [1.82, 2.24) is 5.32 Å². The van der Waals surface area contributed by atoms with E-state index in [1.807, 2.05) is 0 Å². The Morgan fingerprint density at radius 3 is 2.32 bits per heavy atom. The highest BCUT2D eigenvalue weighted by atomic mass is 32.2. The fraction of sp³-hybridized carbons (Fsp3) is 0.211. The molecule has 9 heteroatoms. The summed E-state index contributed by atoms with van der Waals surface area (Å²) in [5, 5.41) is 5.00. The number of amides is 3. The predicted molar refractivity (Wildman–Crippen MR) is 104 cm³/mol. The number of rotatable bonds is 8. The average molecular weight is 403 g/mol. The zero-order valence-corrected chi connectivity index (χ0v) is 16.0. The molecule has 8 nitrogen and oxygen atoms in total. The molecule has 3 amide bonds.